The monoisotopic (exact) mass is 526 g/mol. The zero-order valence-corrected chi connectivity index (χ0v) is 21.3. The number of halogens is 4. The third kappa shape index (κ3) is 7.30. The lowest BCUT2D eigenvalue weighted by Crippen LogP contribution is -2.34. The molecule has 1 amide bonds. The molecule has 1 aliphatic heterocycles. The second kappa shape index (κ2) is 12.5. The summed E-state index contributed by atoms with van der Waals surface area (Å²) in [6.45, 7) is 4.98. The number of hydrogen-bond donors (Lipinski definition) is 2. The Balaban J connectivity index is 0.000000678. The number of likely N-dealkylation sites (N-methyl/N-ethyl adjacent to an activating group) is 1. The average Bonchev–Trinajstić information content (AvgIpc) is 3.40. The largest absolute Gasteiger partial charge is 0.507 e. The molecule has 0 fully saturated rings. The molecular formula is C25H30ClF3N4O3. The number of aliphatic hydroxyl groups is 1. The quantitative estimate of drug-likeness (QED) is 0.344. The van der Waals surface area contributed by atoms with Crippen LogP contribution < -0.4 is 5.73 Å². The summed E-state index contributed by atoms with van der Waals surface area (Å²) in [7, 11) is 1.88. The van der Waals surface area contributed by atoms with E-state index in [0.717, 1.165) is 29.0 Å². The van der Waals surface area contributed by atoms with Crippen LogP contribution in [0.5, 0.6) is 0 Å². The molecule has 3 N–H and O–H groups in total. The molecular weight excluding hydrogens is 497 g/mol. The Labute approximate surface area is 212 Å². The van der Waals surface area contributed by atoms with Gasteiger partial charge in [-0.15, -0.1) is 0 Å². The predicted octanol–water partition coefficient (Wildman–Crippen LogP) is 5.96. The van der Waals surface area contributed by atoms with E-state index in [9.17, 15) is 23.1 Å². The van der Waals surface area contributed by atoms with Gasteiger partial charge in [-0.2, -0.15) is 13.2 Å². The minimum Gasteiger partial charge on any atom is -0.507 e. The van der Waals surface area contributed by atoms with Crippen LogP contribution in [0.1, 0.15) is 39.2 Å². The summed E-state index contributed by atoms with van der Waals surface area (Å²) < 4.78 is 34.2. The number of primary amides is 1. The molecule has 2 heterocycles. The predicted molar refractivity (Wildman–Crippen MR) is 135 cm³/mol. The van der Waals surface area contributed by atoms with Crippen molar-refractivity contribution in [1.29, 1.82) is 0 Å². The second-order valence-corrected chi connectivity index (χ2v) is 8.29. The Hall–Kier alpha value is -3.40. The molecule has 1 atom stereocenters. The molecule has 0 bridgehead atoms. The number of hydrogen-bond acceptors (Lipinski definition) is 5. The summed E-state index contributed by atoms with van der Waals surface area (Å²) in [5, 5.41) is 15.5. The van der Waals surface area contributed by atoms with Crippen molar-refractivity contribution in [3.8, 4) is 0 Å². The molecule has 0 saturated carbocycles. The number of aromatic nitrogens is 1. The second-order valence-electron chi connectivity index (χ2n) is 7.88. The van der Waals surface area contributed by atoms with Gasteiger partial charge in [0.1, 0.15) is 12.3 Å². The molecule has 1 aromatic carbocycles. The van der Waals surface area contributed by atoms with Crippen LogP contribution >= 0.6 is 11.6 Å². The molecule has 1 aliphatic rings. The van der Waals surface area contributed by atoms with Gasteiger partial charge in [0.05, 0.1) is 5.03 Å². The maximum atomic E-state index is 11.3. The summed E-state index contributed by atoms with van der Waals surface area (Å²) in [6, 6.07) is 7.71. The molecule has 11 heteroatoms. The number of nitrogens with zero attached hydrogens (tertiary/aromatic N) is 3. The normalized spacial score (nSPS) is 17.0. The first-order valence-corrected chi connectivity index (χ1v) is 11.6. The van der Waals surface area contributed by atoms with E-state index in [1.54, 1.807) is 16.7 Å². The van der Waals surface area contributed by atoms with Gasteiger partial charge < -0.3 is 25.1 Å². The number of oxime groups is 1. The molecule has 1 aromatic heterocycles. The van der Waals surface area contributed by atoms with E-state index in [1.807, 2.05) is 62.3 Å². The Kier molecular flexibility index (Phi) is 10.0. The van der Waals surface area contributed by atoms with Gasteiger partial charge in [0.15, 0.2) is 5.84 Å². The van der Waals surface area contributed by atoms with Crippen molar-refractivity contribution in [2.24, 2.45) is 10.9 Å². The van der Waals surface area contributed by atoms with Gasteiger partial charge in [-0.3, -0.25) is 4.79 Å². The molecule has 0 aliphatic carbocycles. The summed E-state index contributed by atoms with van der Waals surface area (Å²) in [6.07, 6.45) is 2.51. The van der Waals surface area contributed by atoms with E-state index in [-0.39, 0.29) is 17.3 Å². The number of allylic oxidation sites excluding steroid dienone is 3. The molecule has 0 saturated heterocycles. The number of rotatable bonds is 7. The first-order valence-electron chi connectivity index (χ1n) is 11.3. The van der Waals surface area contributed by atoms with Crippen molar-refractivity contribution in [2.75, 3.05) is 7.05 Å². The fourth-order valence-electron chi connectivity index (χ4n) is 3.40. The summed E-state index contributed by atoms with van der Waals surface area (Å²) in [5.41, 5.74) is 7.87. The van der Waals surface area contributed by atoms with Gasteiger partial charge in [-0.1, -0.05) is 48.8 Å². The van der Waals surface area contributed by atoms with E-state index in [0.29, 0.717) is 12.3 Å². The summed E-state index contributed by atoms with van der Waals surface area (Å²) in [5.74, 6) is 0.277. The van der Waals surface area contributed by atoms with Crippen molar-refractivity contribution < 1.29 is 27.9 Å². The number of amidine groups is 1. The first-order chi connectivity index (χ1) is 16.9. The van der Waals surface area contributed by atoms with Gasteiger partial charge in [0, 0.05) is 41.7 Å². The highest BCUT2D eigenvalue weighted by molar-refractivity contribution is 6.31. The van der Waals surface area contributed by atoms with Crippen molar-refractivity contribution in [2.45, 2.75) is 52.6 Å². The highest BCUT2D eigenvalue weighted by Crippen LogP contribution is 2.29. The maximum Gasteiger partial charge on any atom is 0.388 e. The van der Waals surface area contributed by atoms with Gasteiger partial charge in [-0.05, 0) is 37.6 Å². The Morgan fingerprint density at radius 3 is 2.53 bits per heavy atom. The van der Waals surface area contributed by atoms with Gasteiger partial charge >= 0.3 is 6.18 Å². The highest BCUT2D eigenvalue weighted by Gasteiger charge is 2.31. The molecule has 0 spiro atoms. The number of carbonyl (C=O) groups is 1. The number of benzene rings is 1. The first kappa shape index (κ1) is 28.8. The van der Waals surface area contributed by atoms with E-state index >= 15 is 0 Å². The SMILES string of the molecule is CCC(F)(F)F.C\C=C(/C=C(Cl)\C(O)=C/CC)C1ON=C(c2cccc3c2ccn3CC(N)=O)N1C. The number of aliphatic hydroxyl groups excluding tert-OH is 1. The summed E-state index contributed by atoms with van der Waals surface area (Å²) >= 11 is 6.24. The Morgan fingerprint density at radius 2 is 1.97 bits per heavy atom. The minimum atomic E-state index is -3.96. The number of carbonyl (C=O) groups excluding carboxylic acids is 1. The number of amides is 1. The molecule has 196 valence electrons. The number of nitrogens with two attached hydrogens (primary N) is 1. The standard InChI is InChI=1S/C22H25ClN4O3.C3H5F3/c1-4-7-19(28)17(23)12-14(5-2)22-26(3)21(25-30-22)16-8-6-9-18-15(16)10-11-27(18)13-20(24)29;1-2-3(4,5)6/h5-12,22,28H,4,13H2,1-3H3,(H2,24,29);2H2,1H3/b14-5+,17-12+,19-7+;. The zero-order valence-electron chi connectivity index (χ0n) is 20.5. The smallest absolute Gasteiger partial charge is 0.388 e. The van der Waals surface area contributed by atoms with Gasteiger partial charge in [0.25, 0.3) is 0 Å². The van der Waals surface area contributed by atoms with E-state index in [4.69, 9.17) is 22.2 Å². The average molecular weight is 527 g/mol. The summed E-state index contributed by atoms with van der Waals surface area (Å²) in [4.78, 5) is 18.9. The van der Waals surface area contributed by atoms with Crippen LogP contribution in [0.15, 0.2) is 70.2 Å². The van der Waals surface area contributed by atoms with E-state index < -0.39 is 24.7 Å². The third-order valence-corrected chi connectivity index (χ3v) is 5.56. The lowest BCUT2D eigenvalue weighted by Gasteiger charge is -2.22. The Morgan fingerprint density at radius 1 is 1.31 bits per heavy atom. The third-order valence-electron chi connectivity index (χ3n) is 5.26. The lowest BCUT2D eigenvalue weighted by atomic mass is 10.1. The fourth-order valence-corrected chi connectivity index (χ4v) is 3.61. The zero-order chi connectivity index (χ0) is 27.0. The van der Waals surface area contributed by atoms with Gasteiger partial charge in [0.2, 0.25) is 12.1 Å². The maximum absolute atomic E-state index is 11.3. The number of alkyl halides is 3. The fraction of sp³-hybridized carbons (Fsp3) is 0.360. The molecule has 0 radical (unpaired) electrons. The highest BCUT2D eigenvalue weighted by atomic mass is 35.5. The van der Waals surface area contributed by atoms with Crippen molar-refractivity contribution in [3.05, 3.63) is 70.6 Å². The van der Waals surface area contributed by atoms with Crippen LogP contribution in [0.25, 0.3) is 10.9 Å². The van der Waals surface area contributed by atoms with Crippen molar-refractivity contribution in [1.82, 2.24) is 9.47 Å². The molecule has 2 aromatic rings. The van der Waals surface area contributed by atoms with Gasteiger partial charge in [-0.25, -0.2) is 0 Å². The van der Waals surface area contributed by atoms with Crippen molar-refractivity contribution >= 4 is 34.2 Å². The molecule has 1 unspecified atom stereocenters. The van der Waals surface area contributed by atoms with E-state index in [2.05, 4.69) is 5.16 Å². The van der Waals surface area contributed by atoms with Crippen LogP contribution in [0.3, 0.4) is 0 Å². The van der Waals surface area contributed by atoms with Crippen LogP contribution in [-0.2, 0) is 16.2 Å². The molecule has 36 heavy (non-hydrogen) atoms. The topological polar surface area (TPSA) is 93.1 Å². The molecule has 3 rings (SSSR count). The number of fused-ring (bicyclic) bond motifs is 1. The van der Waals surface area contributed by atoms with Crippen LogP contribution in [0, 0.1) is 0 Å². The van der Waals surface area contributed by atoms with Crippen LogP contribution in [-0.4, -0.2) is 45.8 Å². The van der Waals surface area contributed by atoms with Crippen LogP contribution in [0.4, 0.5) is 13.2 Å². The Bertz CT molecular complexity index is 1200. The van der Waals surface area contributed by atoms with Crippen LogP contribution in [0.2, 0.25) is 0 Å². The lowest BCUT2D eigenvalue weighted by molar-refractivity contribution is -0.130. The molecule has 7 nitrogen and oxygen atoms in total. The minimum absolute atomic E-state index is 0.0286. The van der Waals surface area contributed by atoms with Crippen molar-refractivity contribution in [3.63, 3.8) is 0 Å². The van der Waals surface area contributed by atoms with E-state index in [1.165, 1.54) is 0 Å².